The third-order valence-corrected chi connectivity index (χ3v) is 5.96. The largest absolute Gasteiger partial charge is 0.493 e. The van der Waals surface area contributed by atoms with Crippen molar-refractivity contribution in [1.82, 2.24) is 19.6 Å². The minimum atomic E-state index is -0.249. The molecule has 160 valence electrons. The number of ether oxygens (including phenoxy) is 2. The minimum absolute atomic E-state index is 0.249. The number of fused-ring (bicyclic) bond motifs is 3. The number of hydrogen-bond acceptors (Lipinski definition) is 6. The van der Waals surface area contributed by atoms with Crippen LogP contribution in [0.2, 0.25) is 0 Å². The van der Waals surface area contributed by atoms with E-state index in [1.807, 2.05) is 18.2 Å². The van der Waals surface area contributed by atoms with Crippen molar-refractivity contribution in [3.63, 3.8) is 0 Å². The van der Waals surface area contributed by atoms with Gasteiger partial charge in [0.1, 0.15) is 30.3 Å². The van der Waals surface area contributed by atoms with Crippen molar-refractivity contribution in [2.24, 2.45) is 0 Å². The molecule has 0 bridgehead atoms. The van der Waals surface area contributed by atoms with E-state index in [-0.39, 0.29) is 5.82 Å². The van der Waals surface area contributed by atoms with Crippen LogP contribution < -0.4 is 14.8 Å². The standard InChI is InChI=1S/C24H20FN5O2/c25-20-5-6-22-17(8-10-32-22)19(20)13-27-24-26-12-18(23-29-28-14-30(23)24)15-7-9-31-21-4-2-1-3-16(21)11-15/h1-7,12,14H,8-11,13H2,(H,26,27). The molecule has 4 heterocycles. The van der Waals surface area contributed by atoms with Crippen molar-refractivity contribution in [3.05, 3.63) is 83.1 Å². The Bertz CT molecular complexity index is 1360. The zero-order chi connectivity index (χ0) is 21.5. The molecule has 4 aromatic rings. The summed E-state index contributed by atoms with van der Waals surface area (Å²) in [7, 11) is 0. The molecule has 2 aliphatic rings. The summed E-state index contributed by atoms with van der Waals surface area (Å²) in [4.78, 5) is 4.62. The highest BCUT2D eigenvalue weighted by molar-refractivity contribution is 5.78. The third kappa shape index (κ3) is 3.15. The van der Waals surface area contributed by atoms with E-state index in [0.29, 0.717) is 49.8 Å². The monoisotopic (exact) mass is 429 g/mol. The Morgan fingerprint density at radius 3 is 3.00 bits per heavy atom. The van der Waals surface area contributed by atoms with E-state index in [1.54, 1.807) is 23.0 Å². The van der Waals surface area contributed by atoms with Crippen LogP contribution in [0.3, 0.4) is 0 Å². The van der Waals surface area contributed by atoms with Crippen molar-refractivity contribution in [3.8, 4) is 11.5 Å². The van der Waals surface area contributed by atoms with Crippen LogP contribution in [0, 0.1) is 5.82 Å². The summed E-state index contributed by atoms with van der Waals surface area (Å²) in [5.74, 6) is 1.95. The van der Waals surface area contributed by atoms with E-state index < -0.39 is 0 Å². The lowest BCUT2D eigenvalue weighted by Gasteiger charge is -2.13. The maximum atomic E-state index is 14.5. The van der Waals surface area contributed by atoms with Crippen LogP contribution in [0.4, 0.5) is 10.3 Å². The summed E-state index contributed by atoms with van der Waals surface area (Å²) in [6.45, 7) is 1.35. The fourth-order valence-corrected chi connectivity index (χ4v) is 4.36. The second-order valence-electron chi connectivity index (χ2n) is 7.80. The molecule has 2 aromatic heterocycles. The first-order valence-corrected chi connectivity index (χ1v) is 10.5. The predicted molar refractivity (Wildman–Crippen MR) is 117 cm³/mol. The lowest BCUT2D eigenvalue weighted by atomic mass is 9.99. The number of aromatic nitrogens is 4. The number of rotatable bonds is 4. The second kappa shape index (κ2) is 7.64. The molecule has 8 heteroatoms. The molecule has 0 saturated carbocycles. The average Bonchev–Trinajstić information content (AvgIpc) is 3.44. The maximum Gasteiger partial charge on any atom is 0.210 e. The molecule has 0 amide bonds. The van der Waals surface area contributed by atoms with Crippen molar-refractivity contribution < 1.29 is 13.9 Å². The fourth-order valence-electron chi connectivity index (χ4n) is 4.36. The molecule has 0 aliphatic carbocycles. The summed E-state index contributed by atoms with van der Waals surface area (Å²) in [6, 6.07) is 11.2. The van der Waals surface area contributed by atoms with Crippen molar-refractivity contribution in [1.29, 1.82) is 0 Å². The SMILES string of the molecule is Fc1ccc2c(c1CNc1ncc(C3=CCOc4ccccc4C3)c3nncn13)CCO2. The Labute approximate surface area is 183 Å². The van der Waals surface area contributed by atoms with E-state index in [0.717, 1.165) is 33.8 Å². The molecule has 6 rings (SSSR count). The molecular formula is C24H20FN5O2. The first kappa shape index (κ1) is 18.8. The van der Waals surface area contributed by atoms with Gasteiger partial charge in [-0.05, 0) is 35.4 Å². The summed E-state index contributed by atoms with van der Waals surface area (Å²) in [5.41, 5.74) is 5.30. The normalized spacial score (nSPS) is 14.7. The smallest absolute Gasteiger partial charge is 0.210 e. The van der Waals surface area contributed by atoms with Crippen molar-refractivity contribution >= 4 is 17.2 Å². The molecule has 0 atom stereocenters. The molecular weight excluding hydrogens is 409 g/mol. The number of para-hydroxylation sites is 1. The Hall–Kier alpha value is -3.94. The Balaban J connectivity index is 1.32. The van der Waals surface area contributed by atoms with Gasteiger partial charge in [-0.3, -0.25) is 4.40 Å². The lowest BCUT2D eigenvalue weighted by molar-refractivity contribution is 0.356. The van der Waals surface area contributed by atoms with Crippen LogP contribution in [0.25, 0.3) is 11.2 Å². The molecule has 32 heavy (non-hydrogen) atoms. The molecule has 7 nitrogen and oxygen atoms in total. The number of anilines is 1. The van der Waals surface area contributed by atoms with Gasteiger partial charge in [-0.15, -0.1) is 10.2 Å². The maximum absolute atomic E-state index is 14.5. The number of benzene rings is 2. The van der Waals surface area contributed by atoms with E-state index in [1.165, 1.54) is 6.07 Å². The number of nitrogens with zero attached hydrogens (tertiary/aromatic N) is 4. The Morgan fingerprint density at radius 1 is 1.09 bits per heavy atom. The summed E-state index contributed by atoms with van der Waals surface area (Å²) in [6.07, 6.45) is 6.89. The van der Waals surface area contributed by atoms with E-state index in [9.17, 15) is 4.39 Å². The molecule has 0 radical (unpaired) electrons. The van der Waals surface area contributed by atoms with Crippen LogP contribution in [-0.4, -0.2) is 32.8 Å². The van der Waals surface area contributed by atoms with Gasteiger partial charge in [-0.1, -0.05) is 18.2 Å². The van der Waals surface area contributed by atoms with E-state index in [4.69, 9.17) is 9.47 Å². The van der Waals surface area contributed by atoms with Crippen LogP contribution >= 0.6 is 0 Å². The first-order valence-electron chi connectivity index (χ1n) is 10.5. The minimum Gasteiger partial charge on any atom is -0.493 e. The highest BCUT2D eigenvalue weighted by Crippen LogP contribution is 2.32. The van der Waals surface area contributed by atoms with Crippen LogP contribution in [0.5, 0.6) is 11.5 Å². The van der Waals surface area contributed by atoms with Gasteiger partial charge >= 0.3 is 0 Å². The van der Waals surface area contributed by atoms with Gasteiger partial charge in [0.05, 0.1) is 6.61 Å². The van der Waals surface area contributed by atoms with E-state index in [2.05, 4.69) is 32.6 Å². The molecule has 1 N–H and O–H groups in total. The topological polar surface area (TPSA) is 73.6 Å². The van der Waals surface area contributed by atoms with Crippen LogP contribution in [0.1, 0.15) is 22.3 Å². The quantitative estimate of drug-likeness (QED) is 0.532. The molecule has 0 saturated heterocycles. The Morgan fingerprint density at radius 2 is 2.03 bits per heavy atom. The Kier molecular flexibility index (Phi) is 4.49. The number of halogens is 1. The molecule has 0 unspecified atom stereocenters. The first-order chi connectivity index (χ1) is 15.8. The number of allylic oxidation sites excluding steroid dienone is 1. The number of nitrogens with one attached hydrogen (secondary N) is 1. The van der Waals surface area contributed by atoms with E-state index >= 15 is 0 Å². The van der Waals surface area contributed by atoms with Crippen LogP contribution in [-0.2, 0) is 19.4 Å². The van der Waals surface area contributed by atoms with Gasteiger partial charge in [-0.2, -0.15) is 0 Å². The molecule has 2 aliphatic heterocycles. The molecule has 2 aromatic carbocycles. The van der Waals surface area contributed by atoms with Gasteiger partial charge in [0.15, 0.2) is 5.65 Å². The van der Waals surface area contributed by atoms with Gasteiger partial charge in [0.25, 0.3) is 0 Å². The zero-order valence-corrected chi connectivity index (χ0v) is 17.2. The highest BCUT2D eigenvalue weighted by Gasteiger charge is 2.21. The lowest BCUT2D eigenvalue weighted by Crippen LogP contribution is -2.10. The third-order valence-electron chi connectivity index (χ3n) is 5.96. The summed E-state index contributed by atoms with van der Waals surface area (Å²) < 4.78 is 27.7. The summed E-state index contributed by atoms with van der Waals surface area (Å²) >= 11 is 0. The fraction of sp³-hybridized carbons (Fsp3) is 0.208. The molecule has 0 fully saturated rings. The van der Waals surface area contributed by atoms with Gasteiger partial charge in [0, 0.05) is 42.3 Å². The number of hydrogen-bond donors (Lipinski definition) is 1. The highest BCUT2D eigenvalue weighted by atomic mass is 19.1. The average molecular weight is 429 g/mol. The summed E-state index contributed by atoms with van der Waals surface area (Å²) in [5, 5.41) is 11.7. The van der Waals surface area contributed by atoms with Gasteiger partial charge in [-0.25, -0.2) is 9.37 Å². The predicted octanol–water partition coefficient (Wildman–Crippen LogP) is 3.83. The van der Waals surface area contributed by atoms with Gasteiger partial charge in [0.2, 0.25) is 5.95 Å². The molecule has 0 spiro atoms. The van der Waals surface area contributed by atoms with Crippen LogP contribution in [0.15, 0.2) is 55.0 Å². The second-order valence-corrected chi connectivity index (χ2v) is 7.80. The zero-order valence-electron chi connectivity index (χ0n) is 17.2. The van der Waals surface area contributed by atoms with Crippen molar-refractivity contribution in [2.45, 2.75) is 19.4 Å². The van der Waals surface area contributed by atoms with Gasteiger partial charge < -0.3 is 14.8 Å². The van der Waals surface area contributed by atoms with Crippen molar-refractivity contribution in [2.75, 3.05) is 18.5 Å².